The SMILES string of the molecule is c1cc(-c2cccc(N(c3ccc(-c4ccc5sc6ccccc6c5c4)cc3)c3ccc(-c4cc5ccccc5c5ccccc45)cc3)c2)cc(-c2cccc3ccccc23)c1. The van der Waals surface area contributed by atoms with Crippen LogP contribution in [-0.2, 0) is 0 Å². The molecule has 0 aliphatic heterocycles. The summed E-state index contributed by atoms with van der Waals surface area (Å²) in [4.78, 5) is 2.39. The molecule has 12 aromatic rings. The molecule has 0 saturated carbocycles. The normalized spacial score (nSPS) is 11.5. The second kappa shape index (κ2) is 15.0. The molecule has 0 radical (unpaired) electrons. The molecule has 0 aliphatic rings. The lowest BCUT2D eigenvalue weighted by Crippen LogP contribution is -2.10. The van der Waals surface area contributed by atoms with E-state index in [9.17, 15) is 0 Å². The van der Waals surface area contributed by atoms with E-state index in [2.05, 4.69) is 241 Å². The summed E-state index contributed by atoms with van der Waals surface area (Å²) in [5.41, 5.74) is 13.0. The van der Waals surface area contributed by atoms with E-state index in [0.29, 0.717) is 0 Å². The monoisotopic (exact) mass is 805 g/mol. The predicted octanol–water partition coefficient (Wildman–Crippen LogP) is 17.7. The quantitative estimate of drug-likeness (QED) is 0.145. The van der Waals surface area contributed by atoms with E-state index in [0.717, 1.165) is 17.1 Å². The first-order valence-electron chi connectivity index (χ1n) is 21.2. The highest BCUT2D eigenvalue weighted by Gasteiger charge is 2.17. The van der Waals surface area contributed by atoms with Crippen LogP contribution in [0.2, 0.25) is 0 Å². The zero-order valence-corrected chi connectivity index (χ0v) is 34.7. The Labute approximate surface area is 365 Å². The molecule has 1 aromatic heterocycles. The van der Waals surface area contributed by atoms with E-state index in [1.165, 1.54) is 97.0 Å². The first kappa shape index (κ1) is 36.1. The Morgan fingerprint density at radius 1 is 0.242 bits per heavy atom. The number of thiophene rings is 1. The summed E-state index contributed by atoms with van der Waals surface area (Å²) < 4.78 is 2.65. The number of rotatable bonds is 7. The van der Waals surface area contributed by atoms with E-state index in [1.807, 2.05) is 11.3 Å². The second-order valence-electron chi connectivity index (χ2n) is 16.1. The average Bonchev–Trinajstić information content (AvgIpc) is 3.72. The molecule has 11 aromatic carbocycles. The van der Waals surface area contributed by atoms with Gasteiger partial charge in [-0.3, -0.25) is 0 Å². The third-order valence-corrected chi connectivity index (χ3v) is 13.6. The highest BCUT2D eigenvalue weighted by atomic mass is 32.1. The van der Waals surface area contributed by atoms with Crippen LogP contribution in [0.1, 0.15) is 0 Å². The molecule has 0 bridgehead atoms. The zero-order chi connectivity index (χ0) is 41.0. The van der Waals surface area contributed by atoms with Crippen LogP contribution in [0.25, 0.3) is 97.0 Å². The summed E-state index contributed by atoms with van der Waals surface area (Å²) >= 11 is 1.86. The number of hydrogen-bond donors (Lipinski definition) is 0. The first-order chi connectivity index (χ1) is 30.7. The minimum atomic E-state index is 1.10. The van der Waals surface area contributed by atoms with Crippen molar-refractivity contribution in [1.29, 1.82) is 0 Å². The van der Waals surface area contributed by atoms with Gasteiger partial charge < -0.3 is 4.90 Å². The molecule has 0 fully saturated rings. The molecule has 0 amide bonds. The smallest absolute Gasteiger partial charge is 0.0467 e. The number of hydrogen-bond acceptors (Lipinski definition) is 2. The van der Waals surface area contributed by atoms with Crippen molar-refractivity contribution in [2.45, 2.75) is 0 Å². The summed E-state index contributed by atoms with van der Waals surface area (Å²) in [6.07, 6.45) is 0. The van der Waals surface area contributed by atoms with Crippen LogP contribution in [0.4, 0.5) is 17.1 Å². The Morgan fingerprint density at radius 2 is 0.790 bits per heavy atom. The van der Waals surface area contributed by atoms with Crippen molar-refractivity contribution in [3.05, 3.63) is 237 Å². The van der Waals surface area contributed by atoms with Crippen molar-refractivity contribution in [2.24, 2.45) is 0 Å². The van der Waals surface area contributed by atoms with Crippen molar-refractivity contribution in [1.82, 2.24) is 0 Å². The van der Waals surface area contributed by atoms with Gasteiger partial charge in [0.25, 0.3) is 0 Å². The topological polar surface area (TPSA) is 3.24 Å². The molecule has 0 saturated heterocycles. The van der Waals surface area contributed by atoms with Crippen molar-refractivity contribution >= 4 is 80.9 Å². The first-order valence-corrected chi connectivity index (χ1v) is 22.0. The summed E-state index contributed by atoms with van der Waals surface area (Å²) in [5, 5.41) is 10.2. The summed E-state index contributed by atoms with van der Waals surface area (Å²) in [6.45, 7) is 0. The Kier molecular flexibility index (Phi) is 8.76. The van der Waals surface area contributed by atoms with Gasteiger partial charge in [0, 0.05) is 37.2 Å². The Hall–Kier alpha value is -7.78. The molecule has 0 spiro atoms. The number of fused-ring (bicyclic) bond motifs is 7. The van der Waals surface area contributed by atoms with Crippen molar-refractivity contribution in [2.75, 3.05) is 4.90 Å². The summed E-state index contributed by atoms with van der Waals surface area (Å²) in [5.74, 6) is 0. The van der Waals surface area contributed by atoms with Crippen LogP contribution in [-0.4, -0.2) is 0 Å². The Bertz CT molecular complexity index is 3630. The standard InChI is InChI=1S/C60H39NS/c1-3-19-51-41(12-1)14-11-24-52(51)46-17-9-15-43(36-46)44-16-10-18-50(37-44)61(48-31-26-40(27-32-48)45-30-35-60-58(38-45)56-23-7-8-25-59(56)62-60)49-33-28-42(29-34-49)57-39-47-13-2-4-20-53(47)54-21-5-6-22-55(54)57/h1-39H. The third-order valence-electron chi connectivity index (χ3n) is 12.4. The van der Waals surface area contributed by atoms with Crippen LogP contribution < -0.4 is 4.90 Å². The van der Waals surface area contributed by atoms with E-state index in [-0.39, 0.29) is 0 Å². The van der Waals surface area contributed by atoms with Crippen LogP contribution in [0.15, 0.2) is 237 Å². The minimum absolute atomic E-state index is 1.10. The van der Waals surface area contributed by atoms with E-state index < -0.39 is 0 Å². The van der Waals surface area contributed by atoms with Gasteiger partial charge in [0.05, 0.1) is 0 Å². The fraction of sp³-hybridized carbons (Fsp3) is 0. The largest absolute Gasteiger partial charge is 0.310 e. The predicted molar refractivity (Wildman–Crippen MR) is 268 cm³/mol. The van der Waals surface area contributed by atoms with Crippen LogP contribution in [0.3, 0.4) is 0 Å². The second-order valence-corrected chi connectivity index (χ2v) is 17.2. The molecule has 0 N–H and O–H groups in total. The van der Waals surface area contributed by atoms with Crippen molar-refractivity contribution < 1.29 is 0 Å². The highest BCUT2D eigenvalue weighted by Crippen LogP contribution is 2.42. The summed E-state index contributed by atoms with van der Waals surface area (Å²) in [7, 11) is 0. The maximum absolute atomic E-state index is 2.39. The fourth-order valence-corrected chi connectivity index (χ4v) is 10.5. The van der Waals surface area contributed by atoms with Gasteiger partial charge in [-0.1, -0.05) is 170 Å². The van der Waals surface area contributed by atoms with Crippen molar-refractivity contribution in [3.8, 4) is 44.5 Å². The van der Waals surface area contributed by atoms with Gasteiger partial charge in [-0.05, 0) is 144 Å². The molecular weight excluding hydrogens is 767 g/mol. The van der Waals surface area contributed by atoms with E-state index in [4.69, 9.17) is 0 Å². The number of nitrogens with zero attached hydrogens (tertiary/aromatic N) is 1. The molecule has 290 valence electrons. The lowest BCUT2D eigenvalue weighted by Gasteiger charge is -2.26. The van der Waals surface area contributed by atoms with Crippen LogP contribution in [0.5, 0.6) is 0 Å². The lowest BCUT2D eigenvalue weighted by molar-refractivity contribution is 1.28. The zero-order valence-electron chi connectivity index (χ0n) is 33.9. The van der Waals surface area contributed by atoms with E-state index >= 15 is 0 Å². The average molecular weight is 806 g/mol. The van der Waals surface area contributed by atoms with Crippen LogP contribution >= 0.6 is 11.3 Å². The number of anilines is 3. The van der Waals surface area contributed by atoms with E-state index in [1.54, 1.807) is 0 Å². The van der Waals surface area contributed by atoms with Gasteiger partial charge in [0.15, 0.2) is 0 Å². The molecule has 1 heterocycles. The molecule has 0 unspecified atom stereocenters. The Morgan fingerprint density at radius 3 is 1.60 bits per heavy atom. The lowest BCUT2D eigenvalue weighted by atomic mass is 9.93. The fourth-order valence-electron chi connectivity index (χ4n) is 9.41. The molecular formula is C60H39NS. The van der Waals surface area contributed by atoms with Gasteiger partial charge in [-0.15, -0.1) is 11.3 Å². The molecule has 0 atom stereocenters. The minimum Gasteiger partial charge on any atom is -0.310 e. The molecule has 62 heavy (non-hydrogen) atoms. The number of benzene rings is 11. The van der Waals surface area contributed by atoms with Gasteiger partial charge in [0.1, 0.15) is 0 Å². The van der Waals surface area contributed by atoms with Crippen LogP contribution in [0, 0.1) is 0 Å². The molecule has 2 heteroatoms. The maximum atomic E-state index is 2.39. The van der Waals surface area contributed by atoms with Crippen molar-refractivity contribution in [3.63, 3.8) is 0 Å². The van der Waals surface area contributed by atoms with Gasteiger partial charge in [-0.25, -0.2) is 0 Å². The third kappa shape index (κ3) is 6.32. The maximum Gasteiger partial charge on any atom is 0.0467 e. The Balaban J connectivity index is 0.959. The van der Waals surface area contributed by atoms with Gasteiger partial charge >= 0.3 is 0 Å². The van der Waals surface area contributed by atoms with Gasteiger partial charge in [-0.2, -0.15) is 0 Å². The highest BCUT2D eigenvalue weighted by molar-refractivity contribution is 7.25. The van der Waals surface area contributed by atoms with Gasteiger partial charge in [0.2, 0.25) is 0 Å². The summed E-state index contributed by atoms with van der Waals surface area (Å²) in [6, 6.07) is 86.8. The molecule has 1 nitrogen and oxygen atoms in total. The molecule has 12 rings (SSSR count). The molecule has 0 aliphatic carbocycles.